The van der Waals surface area contributed by atoms with Gasteiger partial charge in [0.05, 0.1) is 11.4 Å². The molecule has 0 fully saturated rings. The van der Waals surface area contributed by atoms with E-state index < -0.39 is 6.10 Å². The zero-order valence-corrected chi connectivity index (χ0v) is 20.6. The quantitative estimate of drug-likeness (QED) is 0.339. The Kier molecular flexibility index (Phi) is 6.48. The lowest BCUT2D eigenvalue weighted by molar-refractivity contribution is -0.122. The molecule has 0 aliphatic heterocycles. The van der Waals surface area contributed by atoms with Gasteiger partial charge in [-0.15, -0.1) is 0 Å². The van der Waals surface area contributed by atoms with Crippen molar-refractivity contribution in [2.75, 3.05) is 5.32 Å². The van der Waals surface area contributed by atoms with Crippen LogP contribution in [0, 0.1) is 27.7 Å². The molecule has 0 spiro atoms. The van der Waals surface area contributed by atoms with Crippen LogP contribution >= 0.6 is 11.6 Å². The minimum Gasteiger partial charge on any atom is -0.480 e. The van der Waals surface area contributed by atoms with Gasteiger partial charge in [-0.1, -0.05) is 48.4 Å². The van der Waals surface area contributed by atoms with Crippen LogP contribution in [0.15, 0.2) is 42.5 Å². The molecule has 8 heteroatoms. The molecule has 1 atom stereocenters. The first kappa shape index (κ1) is 23.6. The number of nitrogens with one attached hydrogen (secondary N) is 2. The van der Waals surface area contributed by atoms with E-state index in [-0.39, 0.29) is 11.7 Å². The number of halogens is 1. The lowest BCUT2D eigenvalue weighted by Crippen LogP contribution is -2.32. The number of benzene rings is 2. The van der Waals surface area contributed by atoms with Gasteiger partial charge < -0.3 is 10.1 Å². The molecule has 2 N–H and O–H groups in total. The molecule has 0 aliphatic carbocycles. The number of aryl methyl sites for hydroxylation is 4. The number of ketones is 1. The average molecular weight is 479 g/mol. The summed E-state index contributed by atoms with van der Waals surface area (Å²) in [7, 11) is 0. The molecule has 0 aliphatic rings. The number of H-pyrrole nitrogens is 1. The van der Waals surface area contributed by atoms with E-state index in [4.69, 9.17) is 16.3 Å². The molecule has 34 heavy (non-hydrogen) atoms. The van der Waals surface area contributed by atoms with E-state index in [2.05, 4.69) is 15.4 Å². The van der Waals surface area contributed by atoms with Gasteiger partial charge >= 0.3 is 0 Å². The average Bonchev–Trinajstić information content (AvgIpc) is 3.28. The third-order valence-electron chi connectivity index (χ3n) is 5.78. The third kappa shape index (κ3) is 4.43. The summed E-state index contributed by atoms with van der Waals surface area (Å²) in [6.07, 6.45) is -0.167. The van der Waals surface area contributed by atoms with Crippen molar-refractivity contribution in [2.24, 2.45) is 0 Å². The largest absolute Gasteiger partial charge is 0.480 e. The van der Waals surface area contributed by atoms with E-state index in [0.29, 0.717) is 45.5 Å². The fourth-order valence-electron chi connectivity index (χ4n) is 3.89. The van der Waals surface area contributed by atoms with Crippen LogP contribution in [0.4, 0.5) is 5.69 Å². The fourth-order valence-corrected chi connectivity index (χ4v) is 4.06. The maximum atomic E-state index is 13.2. The van der Waals surface area contributed by atoms with Crippen molar-refractivity contribution in [2.45, 2.75) is 47.1 Å². The van der Waals surface area contributed by atoms with E-state index in [1.54, 1.807) is 35.7 Å². The smallest absolute Gasteiger partial charge is 0.265 e. The van der Waals surface area contributed by atoms with Crippen LogP contribution in [0.5, 0.6) is 5.75 Å². The highest BCUT2D eigenvalue weighted by molar-refractivity contribution is 6.34. The number of ether oxygens (including phenoxy) is 1. The number of hydrogen-bond acceptors (Lipinski definition) is 4. The maximum absolute atomic E-state index is 13.2. The van der Waals surface area contributed by atoms with E-state index in [1.165, 1.54) is 0 Å². The van der Waals surface area contributed by atoms with Gasteiger partial charge in [-0.3, -0.25) is 14.7 Å². The lowest BCUT2D eigenvalue weighted by atomic mass is 10.1. The molecule has 2 aromatic carbocycles. The number of aromatic nitrogens is 3. The highest BCUT2D eigenvalue weighted by Crippen LogP contribution is 2.25. The van der Waals surface area contributed by atoms with E-state index in [1.807, 2.05) is 45.9 Å². The van der Waals surface area contributed by atoms with Crippen molar-refractivity contribution in [1.29, 1.82) is 0 Å². The van der Waals surface area contributed by atoms with Crippen molar-refractivity contribution in [1.82, 2.24) is 14.6 Å². The molecule has 0 saturated heterocycles. The van der Waals surface area contributed by atoms with Gasteiger partial charge in [0.25, 0.3) is 5.91 Å². The van der Waals surface area contributed by atoms with Gasteiger partial charge in [0.15, 0.2) is 11.8 Å². The van der Waals surface area contributed by atoms with Crippen molar-refractivity contribution in [3.63, 3.8) is 0 Å². The Morgan fingerprint density at radius 3 is 2.59 bits per heavy atom. The Hall–Kier alpha value is -3.58. The van der Waals surface area contributed by atoms with Gasteiger partial charge in [0.2, 0.25) is 5.78 Å². The first-order valence-electron chi connectivity index (χ1n) is 11.1. The Morgan fingerprint density at radius 1 is 1.15 bits per heavy atom. The monoisotopic (exact) mass is 478 g/mol. The Bertz CT molecular complexity index is 1400. The number of amides is 1. The number of carbonyl (C=O) groups is 2. The fraction of sp³-hybridized carbons (Fsp3) is 0.269. The molecule has 0 bridgehead atoms. The van der Waals surface area contributed by atoms with Crippen LogP contribution < -0.4 is 10.1 Å². The minimum atomic E-state index is -0.664. The Labute approximate surface area is 203 Å². The number of hydrogen-bond donors (Lipinski definition) is 2. The number of nitrogens with zero attached hydrogens (tertiary/aromatic N) is 2. The van der Waals surface area contributed by atoms with Crippen molar-refractivity contribution in [3.05, 3.63) is 81.3 Å². The van der Waals surface area contributed by atoms with Crippen LogP contribution in [-0.4, -0.2) is 32.4 Å². The Balaban J connectivity index is 1.53. The SMILES string of the molecule is CCC(Oc1ccc(C)cc1C)C(=O)Nc1cccc(C(=O)c2nc3c(Cl)c(C)[nH]n3c2C)c1. The molecule has 4 rings (SSSR count). The molecular weight excluding hydrogens is 452 g/mol. The zero-order valence-electron chi connectivity index (χ0n) is 19.8. The first-order chi connectivity index (χ1) is 16.2. The highest BCUT2D eigenvalue weighted by Gasteiger charge is 2.23. The summed E-state index contributed by atoms with van der Waals surface area (Å²) in [5, 5.41) is 6.46. The second-order valence-electron chi connectivity index (χ2n) is 8.44. The van der Waals surface area contributed by atoms with Crippen LogP contribution in [-0.2, 0) is 4.79 Å². The normalized spacial score (nSPS) is 12.1. The molecule has 7 nitrogen and oxygen atoms in total. The number of fused-ring (bicyclic) bond motifs is 1. The standard InChI is InChI=1S/C26H27ClN4O3/c1-6-20(34-21-11-10-14(2)12-15(21)3)26(33)28-19-9-7-8-18(13-19)24(32)23-17(5)31-25(29-23)22(27)16(4)30-31/h7-13,20,30H,6H2,1-5H3,(H,28,33). The van der Waals surface area contributed by atoms with Crippen LogP contribution in [0.2, 0.25) is 5.02 Å². The summed E-state index contributed by atoms with van der Waals surface area (Å²) < 4.78 is 7.69. The summed E-state index contributed by atoms with van der Waals surface area (Å²) in [4.78, 5) is 30.6. The molecule has 2 aromatic heterocycles. The lowest BCUT2D eigenvalue weighted by Gasteiger charge is -2.19. The van der Waals surface area contributed by atoms with Crippen molar-refractivity contribution >= 4 is 34.6 Å². The van der Waals surface area contributed by atoms with Gasteiger partial charge in [0, 0.05) is 11.3 Å². The number of rotatable bonds is 7. The molecule has 2 heterocycles. The van der Waals surface area contributed by atoms with Crippen LogP contribution in [0.1, 0.15) is 51.9 Å². The summed E-state index contributed by atoms with van der Waals surface area (Å²) in [5.74, 6) is 0.148. The van der Waals surface area contributed by atoms with Crippen LogP contribution in [0.3, 0.4) is 0 Å². The molecule has 0 saturated carbocycles. The minimum absolute atomic E-state index is 0.252. The summed E-state index contributed by atoms with van der Waals surface area (Å²) in [6.45, 7) is 9.51. The van der Waals surface area contributed by atoms with Gasteiger partial charge in [-0.25, -0.2) is 9.50 Å². The first-order valence-corrected chi connectivity index (χ1v) is 11.5. The zero-order chi connectivity index (χ0) is 24.6. The predicted octanol–water partition coefficient (Wildman–Crippen LogP) is 5.58. The van der Waals surface area contributed by atoms with Crippen LogP contribution in [0.25, 0.3) is 5.65 Å². The Morgan fingerprint density at radius 2 is 1.91 bits per heavy atom. The molecular formula is C26H27ClN4O3. The van der Waals surface area contributed by atoms with E-state index in [9.17, 15) is 9.59 Å². The van der Waals surface area contributed by atoms with Gasteiger partial charge in [0.1, 0.15) is 16.5 Å². The molecule has 176 valence electrons. The second kappa shape index (κ2) is 9.35. The van der Waals surface area contributed by atoms with Crippen molar-refractivity contribution < 1.29 is 14.3 Å². The molecule has 0 radical (unpaired) electrons. The van der Waals surface area contributed by atoms with Gasteiger partial charge in [-0.2, -0.15) is 0 Å². The summed E-state index contributed by atoms with van der Waals surface area (Å²) >= 11 is 6.29. The highest BCUT2D eigenvalue weighted by atomic mass is 35.5. The second-order valence-corrected chi connectivity index (χ2v) is 8.82. The van der Waals surface area contributed by atoms with Gasteiger partial charge in [-0.05, 0) is 57.9 Å². The van der Waals surface area contributed by atoms with Crippen molar-refractivity contribution in [3.8, 4) is 5.75 Å². The van der Waals surface area contributed by atoms with E-state index >= 15 is 0 Å². The number of anilines is 1. The van der Waals surface area contributed by atoms with E-state index in [0.717, 1.165) is 16.8 Å². The predicted molar refractivity (Wildman–Crippen MR) is 133 cm³/mol. The number of carbonyl (C=O) groups excluding carboxylic acids is 2. The number of imidazole rings is 1. The molecule has 1 unspecified atom stereocenters. The molecule has 1 amide bonds. The molecule has 4 aromatic rings. The number of aromatic amines is 1. The topological polar surface area (TPSA) is 88.5 Å². The maximum Gasteiger partial charge on any atom is 0.265 e. The third-order valence-corrected chi connectivity index (χ3v) is 6.24. The summed E-state index contributed by atoms with van der Waals surface area (Å²) in [6, 6.07) is 12.7. The summed E-state index contributed by atoms with van der Waals surface area (Å²) in [5.41, 5.74) is 5.29.